The van der Waals surface area contributed by atoms with Crippen LogP contribution in [-0.2, 0) is 14.3 Å². The van der Waals surface area contributed by atoms with Crippen molar-refractivity contribution in [1.82, 2.24) is 10.4 Å². The number of Topliss-reactive ketones (excluding diaryl/α,β-unsaturated/α-hetero) is 1. The molecule has 1 fully saturated rings. The Morgan fingerprint density at radius 3 is 2.39 bits per heavy atom. The zero-order valence-corrected chi connectivity index (χ0v) is 17.9. The molecular weight excluding hydrogens is 443 g/mol. The highest BCUT2D eigenvalue weighted by Gasteiger charge is 2.38. The normalized spacial score (nSPS) is 16.6. The van der Waals surface area contributed by atoms with Crippen LogP contribution < -0.4 is 5.43 Å². The van der Waals surface area contributed by atoms with Gasteiger partial charge in [0.2, 0.25) is 11.7 Å². The van der Waals surface area contributed by atoms with Crippen LogP contribution in [0.2, 0.25) is 5.02 Å². The molecule has 2 aromatic carbocycles. The number of hydrazine groups is 1. The number of carbonyl (C=O) groups is 4. The van der Waals surface area contributed by atoms with E-state index in [1.165, 1.54) is 0 Å². The Labute approximate surface area is 189 Å². The molecule has 0 aromatic heterocycles. The minimum absolute atomic E-state index is 0.0427. The van der Waals surface area contributed by atoms with Gasteiger partial charge in [0, 0.05) is 34.9 Å². The van der Waals surface area contributed by atoms with Crippen LogP contribution in [0.5, 0.6) is 0 Å². The first-order valence-electron chi connectivity index (χ1n) is 9.61. The Balaban J connectivity index is 1.62. The lowest BCUT2D eigenvalue weighted by Gasteiger charge is -2.19. The van der Waals surface area contributed by atoms with E-state index in [0.29, 0.717) is 16.1 Å². The molecule has 3 rings (SSSR count). The van der Waals surface area contributed by atoms with Crippen LogP contribution in [0.1, 0.15) is 33.6 Å². The van der Waals surface area contributed by atoms with E-state index >= 15 is 0 Å². The summed E-state index contributed by atoms with van der Waals surface area (Å²) in [6.07, 6.45) is -1.07. The summed E-state index contributed by atoms with van der Waals surface area (Å²) < 4.78 is 5.41. The first-order valence-corrected chi connectivity index (χ1v) is 10.5. The van der Waals surface area contributed by atoms with E-state index in [2.05, 4.69) is 5.43 Å². The van der Waals surface area contributed by atoms with Crippen LogP contribution in [0.15, 0.2) is 54.6 Å². The molecule has 0 aliphatic carbocycles. The average molecular weight is 463 g/mol. The van der Waals surface area contributed by atoms with Gasteiger partial charge in [-0.25, -0.2) is 0 Å². The van der Waals surface area contributed by atoms with Gasteiger partial charge in [0.25, 0.3) is 5.91 Å². The quantitative estimate of drug-likeness (QED) is 0.369. The van der Waals surface area contributed by atoms with E-state index in [-0.39, 0.29) is 25.3 Å². The van der Waals surface area contributed by atoms with Gasteiger partial charge in [-0.1, -0.05) is 29.8 Å². The predicted molar refractivity (Wildman–Crippen MR) is 115 cm³/mol. The monoisotopic (exact) mass is 462 g/mol. The molecule has 0 spiro atoms. The Bertz CT molecular complexity index is 966. The number of alkyl halides is 1. The first-order chi connectivity index (χ1) is 14.9. The molecule has 0 bridgehead atoms. The maximum absolute atomic E-state index is 12.7. The molecule has 1 N–H and O–H groups in total. The van der Waals surface area contributed by atoms with Gasteiger partial charge in [-0.3, -0.25) is 29.6 Å². The van der Waals surface area contributed by atoms with E-state index in [0.717, 1.165) is 5.01 Å². The van der Waals surface area contributed by atoms with Gasteiger partial charge in [-0.05, 0) is 36.4 Å². The molecule has 2 atom stereocenters. The molecule has 7 nitrogen and oxygen atoms in total. The molecular formula is C22H20Cl2N2O5. The number of rotatable bonds is 8. The fraction of sp³-hybridized carbons (Fsp3) is 0.273. The fourth-order valence-corrected chi connectivity index (χ4v) is 3.45. The van der Waals surface area contributed by atoms with Gasteiger partial charge in [0.05, 0.1) is 12.5 Å². The molecule has 1 aliphatic heterocycles. The van der Waals surface area contributed by atoms with E-state index in [1.807, 2.05) is 0 Å². The van der Waals surface area contributed by atoms with Crippen LogP contribution >= 0.6 is 23.2 Å². The number of nitrogens with zero attached hydrogens (tertiary/aromatic N) is 1. The van der Waals surface area contributed by atoms with Gasteiger partial charge in [0.15, 0.2) is 6.10 Å². The van der Waals surface area contributed by atoms with E-state index in [9.17, 15) is 19.2 Å². The molecule has 1 saturated heterocycles. The number of benzene rings is 2. The highest BCUT2D eigenvalue weighted by atomic mass is 35.5. The second kappa shape index (κ2) is 10.4. The minimum Gasteiger partial charge on any atom is -0.454 e. The minimum atomic E-state index is -1.07. The summed E-state index contributed by atoms with van der Waals surface area (Å²) >= 11 is 11.6. The molecule has 162 valence electrons. The Morgan fingerprint density at radius 1 is 1.06 bits per heavy atom. The number of halogens is 2. The first kappa shape index (κ1) is 22.8. The number of ketones is 1. The lowest BCUT2D eigenvalue weighted by Crippen LogP contribution is -2.43. The van der Waals surface area contributed by atoms with Crippen molar-refractivity contribution in [3.63, 3.8) is 0 Å². The Hall–Kier alpha value is -2.90. The summed E-state index contributed by atoms with van der Waals surface area (Å²) in [5.74, 6) is -2.66. The predicted octanol–water partition coefficient (Wildman–Crippen LogP) is 3.26. The van der Waals surface area contributed by atoms with Crippen molar-refractivity contribution in [1.29, 1.82) is 0 Å². The maximum atomic E-state index is 12.7. The number of hydrogen-bond donors (Lipinski definition) is 1. The standard InChI is InChI=1S/C22H20Cl2N2O5/c23-11-10-18(20(28)14-6-8-17(24)9-7-14)31-22(30)16-12-19(27)26(13-16)25-21(29)15-4-2-1-3-5-15/h1-9,16,18H,10-13H2,(H,25,29)/t16-,18+/m0/s1. The van der Waals surface area contributed by atoms with E-state index < -0.39 is 35.6 Å². The third kappa shape index (κ3) is 5.83. The summed E-state index contributed by atoms with van der Waals surface area (Å²) in [5.41, 5.74) is 3.22. The molecule has 0 saturated carbocycles. The van der Waals surface area contributed by atoms with Gasteiger partial charge in [-0.2, -0.15) is 0 Å². The lowest BCUT2D eigenvalue weighted by molar-refractivity contribution is -0.151. The maximum Gasteiger partial charge on any atom is 0.312 e. The summed E-state index contributed by atoms with van der Waals surface area (Å²) in [6.45, 7) is -0.0427. The lowest BCUT2D eigenvalue weighted by atomic mass is 10.0. The molecule has 2 amide bonds. The number of esters is 1. The molecule has 31 heavy (non-hydrogen) atoms. The molecule has 1 heterocycles. The number of ether oxygens (including phenoxy) is 1. The number of nitrogens with one attached hydrogen (secondary N) is 1. The zero-order chi connectivity index (χ0) is 22.4. The van der Waals surface area contributed by atoms with E-state index in [4.69, 9.17) is 27.9 Å². The number of carbonyl (C=O) groups excluding carboxylic acids is 4. The average Bonchev–Trinajstić information content (AvgIpc) is 3.14. The summed E-state index contributed by atoms with van der Waals surface area (Å²) in [5, 5.41) is 1.57. The topological polar surface area (TPSA) is 92.8 Å². The van der Waals surface area contributed by atoms with Crippen molar-refractivity contribution >= 4 is 46.8 Å². The van der Waals surface area contributed by atoms with Gasteiger partial charge in [-0.15, -0.1) is 11.6 Å². The Kier molecular flexibility index (Phi) is 7.65. The largest absolute Gasteiger partial charge is 0.454 e. The SMILES string of the molecule is O=C(NN1C[C@@H](C(=O)O[C@H](CCCl)C(=O)c2ccc(Cl)cc2)CC1=O)c1ccccc1. The second-order valence-electron chi connectivity index (χ2n) is 6.99. The van der Waals surface area contributed by atoms with Crippen LogP contribution in [0.3, 0.4) is 0 Å². The van der Waals surface area contributed by atoms with Crippen molar-refractivity contribution < 1.29 is 23.9 Å². The van der Waals surface area contributed by atoms with Crippen LogP contribution in [-0.4, -0.2) is 47.1 Å². The molecule has 0 radical (unpaired) electrons. The van der Waals surface area contributed by atoms with Crippen molar-refractivity contribution in [2.45, 2.75) is 18.9 Å². The summed E-state index contributed by atoms with van der Waals surface area (Å²) in [4.78, 5) is 49.9. The van der Waals surface area contributed by atoms with Crippen molar-refractivity contribution in [2.24, 2.45) is 5.92 Å². The molecule has 2 aromatic rings. The van der Waals surface area contributed by atoms with Gasteiger partial charge in [0.1, 0.15) is 0 Å². The van der Waals surface area contributed by atoms with Crippen LogP contribution in [0.25, 0.3) is 0 Å². The molecule has 9 heteroatoms. The Morgan fingerprint density at radius 2 is 1.74 bits per heavy atom. The van der Waals surface area contributed by atoms with Crippen LogP contribution in [0.4, 0.5) is 0 Å². The van der Waals surface area contributed by atoms with Crippen molar-refractivity contribution in [2.75, 3.05) is 12.4 Å². The molecule has 0 unspecified atom stereocenters. The highest BCUT2D eigenvalue weighted by Crippen LogP contribution is 2.21. The van der Waals surface area contributed by atoms with Crippen molar-refractivity contribution in [3.8, 4) is 0 Å². The third-order valence-corrected chi connectivity index (χ3v) is 5.25. The second-order valence-corrected chi connectivity index (χ2v) is 7.80. The summed E-state index contributed by atoms with van der Waals surface area (Å²) in [7, 11) is 0. The fourth-order valence-electron chi connectivity index (χ4n) is 3.13. The van der Waals surface area contributed by atoms with E-state index in [1.54, 1.807) is 54.6 Å². The number of amides is 2. The number of hydrogen-bond acceptors (Lipinski definition) is 5. The summed E-state index contributed by atoms with van der Waals surface area (Å²) in [6, 6.07) is 14.6. The van der Waals surface area contributed by atoms with Gasteiger partial charge < -0.3 is 4.74 Å². The smallest absolute Gasteiger partial charge is 0.312 e. The zero-order valence-electron chi connectivity index (χ0n) is 16.4. The molecule has 1 aliphatic rings. The highest BCUT2D eigenvalue weighted by molar-refractivity contribution is 6.30. The third-order valence-electron chi connectivity index (χ3n) is 4.78. The van der Waals surface area contributed by atoms with Crippen molar-refractivity contribution in [3.05, 3.63) is 70.7 Å². The van der Waals surface area contributed by atoms with Crippen LogP contribution in [0, 0.1) is 5.92 Å². The van der Waals surface area contributed by atoms with Gasteiger partial charge >= 0.3 is 5.97 Å².